The van der Waals surface area contributed by atoms with Crippen LogP contribution >= 0.6 is 0 Å². The molecule has 0 saturated carbocycles. The van der Waals surface area contributed by atoms with E-state index in [1.54, 1.807) is 24.3 Å². The van der Waals surface area contributed by atoms with Crippen LogP contribution in [0.3, 0.4) is 0 Å². The van der Waals surface area contributed by atoms with Gasteiger partial charge in [-0.15, -0.1) is 0 Å². The van der Waals surface area contributed by atoms with Gasteiger partial charge >= 0.3 is 0 Å². The quantitative estimate of drug-likeness (QED) is 0.657. The molecule has 0 aliphatic carbocycles. The molecule has 1 aromatic carbocycles. The number of nitrogens with two attached hydrogens (primary N) is 1. The van der Waals surface area contributed by atoms with Crippen molar-refractivity contribution in [3.8, 4) is 0 Å². The van der Waals surface area contributed by atoms with E-state index in [9.17, 15) is 4.79 Å². The molecule has 0 spiro atoms. The lowest BCUT2D eigenvalue weighted by Gasteiger charge is -2.12. The third-order valence-corrected chi connectivity index (χ3v) is 1.80. The zero-order chi connectivity index (χ0) is 9.84. The van der Waals surface area contributed by atoms with E-state index in [2.05, 4.69) is 6.07 Å². The molecule has 13 heavy (non-hydrogen) atoms. The van der Waals surface area contributed by atoms with Crippen molar-refractivity contribution in [2.24, 2.45) is 5.73 Å². The second kappa shape index (κ2) is 4.16. The third kappa shape index (κ3) is 2.37. The van der Waals surface area contributed by atoms with Crippen LogP contribution < -0.4 is 5.73 Å². The van der Waals surface area contributed by atoms with Crippen molar-refractivity contribution in [3.63, 3.8) is 0 Å². The smallest absolute Gasteiger partial charge is 0.182 e. The molecule has 2 unspecified atom stereocenters. The molecule has 0 aliphatic heterocycles. The number of hydrogen-bond acceptors (Lipinski definition) is 3. The maximum absolute atomic E-state index is 11.5. The van der Waals surface area contributed by atoms with Crippen LogP contribution in [-0.2, 0) is 0 Å². The Labute approximate surface area is 77.2 Å². The number of benzene rings is 1. The van der Waals surface area contributed by atoms with Crippen LogP contribution in [0, 0.1) is 6.07 Å². The number of carbonyl (C=O) groups is 1. The molecule has 1 aromatic rings. The van der Waals surface area contributed by atoms with E-state index in [0.29, 0.717) is 5.56 Å². The molecule has 0 aliphatic rings. The van der Waals surface area contributed by atoms with E-state index in [1.165, 1.54) is 6.92 Å². The van der Waals surface area contributed by atoms with Crippen LogP contribution in [0.15, 0.2) is 24.3 Å². The first-order chi connectivity index (χ1) is 6.13. The van der Waals surface area contributed by atoms with E-state index < -0.39 is 12.1 Å². The minimum Gasteiger partial charge on any atom is -0.391 e. The standard InChI is InChI=1S/C10H12NO2/c1-7(12)9(11)10(13)8-5-3-2-4-6-8/h2-5,7,9,12H,11H2,1H3. The summed E-state index contributed by atoms with van der Waals surface area (Å²) in [4.78, 5) is 11.5. The maximum Gasteiger partial charge on any atom is 0.182 e. The Morgan fingerprint density at radius 3 is 2.77 bits per heavy atom. The zero-order valence-electron chi connectivity index (χ0n) is 7.40. The van der Waals surface area contributed by atoms with Gasteiger partial charge in [0, 0.05) is 5.56 Å². The SMILES string of the molecule is CC(O)C(N)C(=O)c1[c]cccc1. The van der Waals surface area contributed by atoms with Gasteiger partial charge in [-0.1, -0.05) is 24.3 Å². The fourth-order valence-electron chi connectivity index (χ4n) is 0.945. The fraction of sp³-hybridized carbons (Fsp3) is 0.300. The monoisotopic (exact) mass is 178 g/mol. The Morgan fingerprint density at radius 2 is 2.31 bits per heavy atom. The molecule has 3 nitrogen and oxygen atoms in total. The molecule has 2 atom stereocenters. The van der Waals surface area contributed by atoms with Crippen molar-refractivity contribution in [2.45, 2.75) is 19.1 Å². The van der Waals surface area contributed by atoms with E-state index in [4.69, 9.17) is 10.8 Å². The highest BCUT2D eigenvalue weighted by Gasteiger charge is 2.19. The highest BCUT2D eigenvalue weighted by molar-refractivity contribution is 6.00. The van der Waals surface area contributed by atoms with Gasteiger partial charge in [0.05, 0.1) is 12.1 Å². The van der Waals surface area contributed by atoms with Gasteiger partial charge in [-0.2, -0.15) is 0 Å². The minimum atomic E-state index is -0.862. The topological polar surface area (TPSA) is 63.3 Å². The van der Waals surface area contributed by atoms with Crippen molar-refractivity contribution < 1.29 is 9.90 Å². The van der Waals surface area contributed by atoms with Crippen LogP contribution in [0.5, 0.6) is 0 Å². The molecule has 0 fully saturated rings. The lowest BCUT2D eigenvalue weighted by molar-refractivity contribution is 0.0847. The molecule has 1 radical (unpaired) electrons. The van der Waals surface area contributed by atoms with Crippen molar-refractivity contribution in [3.05, 3.63) is 35.9 Å². The van der Waals surface area contributed by atoms with Gasteiger partial charge < -0.3 is 10.8 Å². The van der Waals surface area contributed by atoms with Gasteiger partial charge in [0.2, 0.25) is 0 Å². The second-order valence-corrected chi connectivity index (χ2v) is 2.91. The zero-order valence-corrected chi connectivity index (χ0v) is 7.40. The van der Waals surface area contributed by atoms with E-state index in [0.717, 1.165) is 0 Å². The molecule has 69 valence electrons. The van der Waals surface area contributed by atoms with Crippen molar-refractivity contribution >= 4 is 5.78 Å². The molecule has 0 bridgehead atoms. The van der Waals surface area contributed by atoms with Crippen LogP contribution in [0.1, 0.15) is 17.3 Å². The summed E-state index contributed by atoms with van der Waals surface area (Å²) in [6.07, 6.45) is -0.832. The van der Waals surface area contributed by atoms with Crippen LogP contribution in [0.25, 0.3) is 0 Å². The molecule has 3 heteroatoms. The Hall–Kier alpha value is -1.19. The Bertz CT molecular complexity index is 282. The van der Waals surface area contributed by atoms with Crippen molar-refractivity contribution in [1.82, 2.24) is 0 Å². The van der Waals surface area contributed by atoms with Crippen molar-refractivity contribution in [2.75, 3.05) is 0 Å². The summed E-state index contributed by atoms with van der Waals surface area (Å²) in [5.41, 5.74) is 5.89. The lowest BCUT2D eigenvalue weighted by Crippen LogP contribution is -2.40. The molecule has 0 heterocycles. The summed E-state index contributed by atoms with van der Waals surface area (Å²) < 4.78 is 0. The fourth-order valence-corrected chi connectivity index (χ4v) is 0.945. The molecule has 0 saturated heterocycles. The number of carbonyl (C=O) groups excluding carboxylic acids is 1. The van der Waals surface area contributed by atoms with Crippen LogP contribution in [0.2, 0.25) is 0 Å². The summed E-state index contributed by atoms with van der Waals surface area (Å²) in [7, 11) is 0. The highest BCUT2D eigenvalue weighted by Crippen LogP contribution is 2.03. The number of ketones is 1. The Morgan fingerprint density at radius 1 is 1.62 bits per heavy atom. The number of rotatable bonds is 3. The minimum absolute atomic E-state index is 0.282. The Balaban J connectivity index is 2.80. The largest absolute Gasteiger partial charge is 0.391 e. The van der Waals surface area contributed by atoms with E-state index in [-0.39, 0.29) is 5.78 Å². The first-order valence-corrected chi connectivity index (χ1v) is 4.07. The van der Waals surface area contributed by atoms with Gasteiger partial charge in [-0.25, -0.2) is 0 Å². The molecule has 0 aromatic heterocycles. The molecule has 1 rings (SSSR count). The van der Waals surface area contributed by atoms with Crippen molar-refractivity contribution in [1.29, 1.82) is 0 Å². The predicted octanol–water partition coefficient (Wildman–Crippen LogP) is 0.378. The number of aliphatic hydroxyl groups is 1. The first kappa shape index (κ1) is 9.89. The van der Waals surface area contributed by atoms with Gasteiger partial charge in [-0.05, 0) is 13.0 Å². The summed E-state index contributed by atoms with van der Waals surface area (Å²) in [5.74, 6) is -0.282. The summed E-state index contributed by atoms with van der Waals surface area (Å²) >= 11 is 0. The van der Waals surface area contributed by atoms with Crippen LogP contribution in [-0.4, -0.2) is 23.0 Å². The summed E-state index contributed by atoms with van der Waals surface area (Å²) in [6, 6.07) is 8.67. The van der Waals surface area contributed by atoms with E-state index in [1.807, 2.05) is 0 Å². The average Bonchev–Trinajstić information content (AvgIpc) is 2.17. The average molecular weight is 178 g/mol. The first-order valence-electron chi connectivity index (χ1n) is 4.07. The number of Topliss-reactive ketones (excluding diaryl/α,β-unsaturated/α-hetero) is 1. The van der Waals surface area contributed by atoms with Crippen LogP contribution in [0.4, 0.5) is 0 Å². The number of hydrogen-bond donors (Lipinski definition) is 2. The van der Waals surface area contributed by atoms with Gasteiger partial charge in [0.1, 0.15) is 0 Å². The Kier molecular flexibility index (Phi) is 3.17. The molecule has 3 N–H and O–H groups in total. The third-order valence-electron chi connectivity index (χ3n) is 1.80. The predicted molar refractivity (Wildman–Crippen MR) is 49.3 cm³/mol. The second-order valence-electron chi connectivity index (χ2n) is 2.91. The maximum atomic E-state index is 11.5. The lowest BCUT2D eigenvalue weighted by atomic mass is 10.0. The highest BCUT2D eigenvalue weighted by atomic mass is 16.3. The molecular weight excluding hydrogens is 166 g/mol. The molecular formula is C10H12NO2. The molecule has 0 amide bonds. The van der Waals surface area contributed by atoms with Gasteiger partial charge in [0.25, 0.3) is 0 Å². The van der Waals surface area contributed by atoms with Gasteiger partial charge in [-0.3, -0.25) is 4.79 Å². The van der Waals surface area contributed by atoms with Gasteiger partial charge in [0.15, 0.2) is 5.78 Å². The number of aliphatic hydroxyl groups excluding tert-OH is 1. The summed E-state index contributed by atoms with van der Waals surface area (Å²) in [5, 5.41) is 9.09. The van der Waals surface area contributed by atoms with E-state index >= 15 is 0 Å². The summed E-state index contributed by atoms with van der Waals surface area (Å²) in [6.45, 7) is 1.49. The normalized spacial score (nSPS) is 15.0.